The monoisotopic (exact) mass is 303 g/mol. The Morgan fingerprint density at radius 2 is 2.05 bits per heavy atom. The van der Waals surface area contributed by atoms with E-state index in [-0.39, 0.29) is 18.4 Å². The number of carbonyl (C=O) groups excluding carboxylic acids is 1. The number of hydrogen-bond donors (Lipinski definition) is 1. The van der Waals surface area contributed by atoms with Crippen LogP contribution >= 0.6 is 0 Å². The van der Waals surface area contributed by atoms with Crippen LogP contribution in [0.3, 0.4) is 0 Å². The minimum absolute atomic E-state index is 0.0158. The lowest BCUT2D eigenvalue weighted by Crippen LogP contribution is -2.29. The van der Waals surface area contributed by atoms with Gasteiger partial charge in [-0.15, -0.1) is 0 Å². The zero-order valence-electron chi connectivity index (χ0n) is 13.1. The lowest BCUT2D eigenvalue weighted by Gasteiger charge is -2.10. The third kappa shape index (κ3) is 3.63. The molecule has 0 aliphatic heterocycles. The van der Waals surface area contributed by atoms with E-state index in [1.54, 1.807) is 7.11 Å². The Hall–Kier alpha value is -2.37. The number of benzene rings is 1. The minimum Gasteiger partial charge on any atom is -0.496 e. The van der Waals surface area contributed by atoms with Crippen LogP contribution in [0.5, 0.6) is 5.75 Å². The standard InChI is InChI=1S/C16H21N3O3/c1-4-11(5-2)16(20)17-10-14-18-15(19-22-14)12-8-6-7-9-13(12)21-3/h6-9,11H,4-5,10H2,1-3H3,(H,17,20). The van der Waals surface area contributed by atoms with Crippen molar-refractivity contribution < 1.29 is 14.1 Å². The molecule has 1 aromatic carbocycles. The van der Waals surface area contributed by atoms with Crippen molar-refractivity contribution in [2.45, 2.75) is 33.2 Å². The summed E-state index contributed by atoms with van der Waals surface area (Å²) in [4.78, 5) is 16.2. The van der Waals surface area contributed by atoms with Crippen LogP contribution in [0.2, 0.25) is 0 Å². The second-order valence-corrected chi connectivity index (χ2v) is 4.94. The Morgan fingerprint density at radius 3 is 2.73 bits per heavy atom. The number of hydrogen-bond acceptors (Lipinski definition) is 5. The summed E-state index contributed by atoms with van der Waals surface area (Å²) >= 11 is 0. The lowest BCUT2D eigenvalue weighted by molar-refractivity contribution is -0.125. The highest BCUT2D eigenvalue weighted by Gasteiger charge is 2.16. The van der Waals surface area contributed by atoms with Crippen LogP contribution in [-0.4, -0.2) is 23.2 Å². The lowest BCUT2D eigenvalue weighted by atomic mass is 10.0. The number of ether oxygens (including phenoxy) is 1. The molecule has 0 aliphatic carbocycles. The van der Waals surface area contributed by atoms with Gasteiger partial charge in [0.25, 0.3) is 0 Å². The van der Waals surface area contributed by atoms with Gasteiger partial charge in [0.05, 0.1) is 19.2 Å². The molecule has 118 valence electrons. The molecule has 1 heterocycles. The predicted octanol–water partition coefficient (Wildman–Crippen LogP) is 2.80. The molecule has 1 N–H and O–H groups in total. The van der Waals surface area contributed by atoms with Crippen molar-refractivity contribution in [3.63, 3.8) is 0 Å². The summed E-state index contributed by atoms with van der Waals surface area (Å²) in [5.74, 6) is 1.54. The van der Waals surface area contributed by atoms with Crippen LogP contribution in [-0.2, 0) is 11.3 Å². The van der Waals surface area contributed by atoms with Gasteiger partial charge in [-0.05, 0) is 25.0 Å². The van der Waals surface area contributed by atoms with E-state index in [0.717, 1.165) is 18.4 Å². The van der Waals surface area contributed by atoms with Gasteiger partial charge in [-0.25, -0.2) is 0 Å². The van der Waals surface area contributed by atoms with E-state index in [1.807, 2.05) is 38.1 Å². The molecule has 22 heavy (non-hydrogen) atoms. The number of nitrogens with zero attached hydrogens (tertiary/aromatic N) is 2. The Balaban J connectivity index is 2.04. The molecular weight excluding hydrogens is 282 g/mol. The maximum absolute atomic E-state index is 11.9. The van der Waals surface area contributed by atoms with Crippen LogP contribution in [0.15, 0.2) is 28.8 Å². The molecule has 6 heteroatoms. The van der Waals surface area contributed by atoms with E-state index in [9.17, 15) is 4.79 Å². The van der Waals surface area contributed by atoms with Crippen molar-refractivity contribution in [3.8, 4) is 17.1 Å². The first-order valence-electron chi connectivity index (χ1n) is 7.43. The molecule has 2 rings (SSSR count). The molecule has 2 aromatic rings. The number of carbonyl (C=O) groups is 1. The van der Waals surface area contributed by atoms with Gasteiger partial charge >= 0.3 is 0 Å². The molecular formula is C16H21N3O3. The maximum atomic E-state index is 11.9. The third-order valence-electron chi connectivity index (χ3n) is 3.59. The number of methoxy groups -OCH3 is 1. The molecule has 6 nitrogen and oxygen atoms in total. The molecule has 0 atom stereocenters. The highest BCUT2D eigenvalue weighted by molar-refractivity contribution is 5.78. The number of nitrogens with one attached hydrogen (secondary N) is 1. The van der Waals surface area contributed by atoms with Crippen molar-refractivity contribution >= 4 is 5.91 Å². The molecule has 0 unspecified atom stereocenters. The van der Waals surface area contributed by atoms with E-state index < -0.39 is 0 Å². The van der Waals surface area contributed by atoms with Crippen molar-refractivity contribution in [1.29, 1.82) is 0 Å². The summed E-state index contributed by atoms with van der Waals surface area (Å²) in [6.45, 7) is 4.23. The summed E-state index contributed by atoms with van der Waals surface area (Å²) < 4.78 is 10.5. The molecule has 0 saturated heterocycles. The highest BCUT2D eigenvalue weighted by atomic mass is 16.5. The first-order valence-corrected chi connectivity index (χ1v) is 7.43. The summed E-state index contributed by atoms with van der Waals surface area (Å²) in [7, 11) is 1.59. The fraction of sp³-hybridized carbons (Fsp3) is 0.438. The molecule has 0 bridgehead atoms. The SMILES string of the molecule is CCC(CC)C(=O)NCc1nc(-c2ccccc2OC)no1. The summed E-state index contributed by atoms with van der Waals surface area (Å²) in [6.07, 6.45) is 1.64. The quantitative estimate of drug-likeness (QED) is 0.851. The average Bonchev–Trinajstić information content (AvgIpc) is 3.02. The van der Waals surface area contributed by atoms with Crippen LogP contribution in [0.1, 0.15) is 32.6 Å². The summed E-state index contributed by atoms with van der Waals surface area (Å²) in [5, 5.41) is 6.77. The molecule has 1 aromatic heterocycles. The van der Waals surface area contributed by atoms with E-state index in [1.165, 1.54) is 0 Å². The first kappa shape index (κ1) is 16.0. The fourth-order valence-electron chi connectivity index (χ4n) is 2.23. The second kappa shape index (κ2) is 7.59. The Morgan fingerprint density at radius 1 is 1.32 bits per heavy atom. The molecule has 0 spiro atoms. The number of aromatic nitrogens is 2. The Kier molecular flexibility index (Phi) is 5.52. The van der Waals surface area contributed by atoms with Crippen molar-refractivity contribution in [3.05, 3.63) is 30.2 Å². The van der Waals surface area contributed by atoms with Gasteiger partial charge in [0.2, 0.25) is 17.6 Å². The normalized spacial score (nSPS) is 10.7. The van der Waals surface area contributed by atoms with Gasteiger partial charge in [0.1, 0.15) is 5.75 Å². The van der Waals surface area contributed by atoms with Gasteiger partial charge in [-0.3, -0.25) is 4.79 Å². The largest absolute Gasteiger partial charge is 0.496 e. The van der Waals surface area contributed by atoms with E-state index in [4.69, 9.17) is 9.26 Å². The fourth-order valence-corrected chi connectivity index (χ4v) is 2.23. The van der Waals surface area contributed by atoms with E-state index >= 15 is 0 Å². The zero-order valence-corrected chi connectivity index (χ0v) is 13.1. The van der Waals surface area contributed by atoms with E-state index in [2.05, 4.69) is 15.5 Å². The van der Waals surface area contributed by atoms with Crippen LogP contribution < -0.4 is 10.1 Å². The van der Waals surface area contributed by atoms with Gasteiger partial charge in [0, 0.05) is 5.92 Å². The smallest absolute Gasteiger partial charge is 0.246 e. The van der Waals surface area contributed by atoms with Gasteiger partial charge in [0.15, 0.2) is 0 Å². The summed E-state index contributed by atoms with van der Waals surface area (Å²) in [6, 6.07) is 7.44. The molecule has 1 amide bonds. The van der Waals surface area contributed by atoms with Crippen molar-refractivity contribution in [2.24, 2.45) is 5.92 Å². The van der Waals surface area contributed by atoms with Crippen LogP contribution in [0.4, 0.5) is 0 Å². The van der Waals surface area contributed by atoms with Gasteiger partial charge in [-0.1, -0.05) is 31.1 Å². The van der Waals surface area contributed by atoms with Crippen LogP contribution in [0.25, 0.3) is 11.4 Å². The van der Waals surface area contributed by atoms with Crippen molar-refractivity contribution in [2.75, 3.05) is 7.11 Å². The number of rotatable bonds is 7. The van der Waals surface area contributed by atoms with E-state index in [0.29, 0.717) is 17.5 Å². The first-order chi connectivity index (χ1) is 10.7. The third-order valence-corrected chi connectivity index (χ3v) is 3.59. The number of para-hydroxylation sites is 1. The topological polar surface area (TPSA) is 77.2 Å². The van der Waals surface area contributed by atoms with Crippen LogP contribution in [0, 0.1) is 5.92 Å². The summed E-state index contributed by atoms with van der Waals surface area (Å²) in [5.41, 5.74) is 0.756. The minimum atomic E-state index is 0.0158. The Labute approximate surface area is 129 Å². The molecule has 0 aliphatic rings. The van der Waals surface area contributed by atoms with Gasteiger partial charge in [-0.2, -0.15) is 4.98 Å². The van der Waals surface area contributed by atoms with Crippen molar-refractivity contribution in [1.82, 2.24) is 15.5 Å². The molecule has 0 fully saturated rings. The highest BCUT2D eigenvalue weighted by Crippen LogP contribution is 2.26. The zero-order chi connectivity index (χ0) is 15.9. The van der Waals surface area contributed by atoms with Gasteiger partial charge < -0.3 is 14.6 Å². The second-order valence-electron chi connectivity index (χ2n) is 4.94. The maximum Gasteiger partial charge on any atom is 0.246 e. The molecule has 0 radical (unpaired) electrons. The predicted molar refractivity (Wildman–Crippen MR) is 82.2 cm³/mol. The average molecular weight is 303 g/mol. The molecule has 0 saturated carbocycles. The number of amides is 1. The Bertz CT molecular complexity index is 621.